The summed E-state index contributed by atoms with van der Waals surface area (Å²) in [5.41, 5.74) is 0.231. The third-order valence-electron chi connectivity index (χ3n) is 1.51. The Balaban J connectivity index is 2.76. The molecule has 0 aliphatic carbocycles. The minimum atomic E-state index is -0.384. The van der Waals surface area contributed by atoms with Crippen LogP contribution in [0.25, 0.3) is 0 Å². The summed E-state index contributed by atoms with van der Waals surface area (Å²) < 4.78 is 4.72. The van der Waals surface area contributed by atoms with Gasteiger partial charge in [0.2, 0.25) is 0 Å². The number of rotatable bonds is 3. The summed E-state index contributed by atoms with van der Waals surface area (Å²) in [6.07, 6.45) is 0.0314. The first-order valence-corrected chi connectivity index (χ1v) is 4.54. The molecule has 0 spiro atoms. The summed E-state index contributed by atoms with van der Waals surface area (Å²) in [6.45, 7) is 2.04. The molecule has 1 heterocycles. The molecule has 0 unspecified atom stereocenters. The molecule has 5 heteroatoms. The third-order valence-corrected chi connectivity index (χ3v) is 1.71. The Morgan fingerprint density at radius 2 is 2.29 bits per heavy atom. The van der Waals surface area contributed by atoms with E-state index < -0.39 is 0 Å². The van der Waals surface area contributed by atoms with E-state index in [0.29, 0.717) is 12.3 Å². The summed E-state index contributed by atoms with van der Waals surface area (Å²) in [6, 6.07) is 2.57. The molecule has 1 rings (SSSR count). The smallest absolute Gasteiger partial charge is 0.311 e. The zero-order chi connectivity index (χ0) is 10.6. The van der Waals surface area contributed by atoms with Crippen molar-refractivity contribution in [1.82, 2.24) is 4.98 Å². The van der Waals surface area contributed by atoms with E-state index in [-0.39, 0.29) is 23.0 Å². The van der Waals surface area contributed by atoms with Crippen molar-refractivity contribution >= 4 is 17.6 Å². The maximum Gasteiger partial charge on any atom is 0.311 e. The first kappa shape index (κ1) is 10.8. The minimum Gasteiger partial charge on any atom is -0.466 e. The van der Waals surface area contributed by atoms with E-state index in [1.165, 1.54) is 12.1 Å². The van der Waals surface area contributed by atoms with Crippen LogP contribution >= 0.6 is 11.6 Å². The summed E-state index contributed by atoms with van der Waals surface area (Å²) >= 11 is 5.60. The van der Waals surface area contributed by atoms with Crippen LogP contribution in [0.1, 0.15) is 12.6 Å². The van der Waals surface area contributed by atoms with Crippen LogP contribution in [0, 0.1) is 0 Å². The van der Waals surface area contributed by atoms with Crippen molar-refractivity contribution in [3.63, 3.8) is 0 Å². The molecular formula is C9H10ClNO3. The third kappa shape index (κ3) is 3.22. The predicted molar refractivity (Wildman–Crippen MR) is 52.4 cm³/mol. The van der Waals surface area contributed by atoms with Gasteiger partial charge < -0.3 is 9.72 Å². The summed E-state index contributed by atoms with van der Waals surface area (Å²) in [4.78, 5) is 24.7. The molecule has 0 aliphatic heterocycles. The molecule has 1 aromatic heterocycles. The van der Waals surface area contributed by atoms with Gasteiger partial charge in [0.1, 0.15) is 5.15 Å². The second kappa shape index (κ2) is 4.81. The van der Waals surface area contributed by atoms with E-state index in [1.54, 1.807) is 6.92 Å². The van der Waals surface area contributed by atoms with Gasteiger partial charge in [0.25, 0.3) is 0 Å². The topological polar surface area (TPSA) is 59.2 Å². The van der Waals surface area contributed by atoms with Gasteiger partial charge in [0, 0.05) is 17.8 Å². The number of pyridine rings is 1. The second-order valence-corrected chi connectivity index (χ2v) is 3.08. The molecule has 0 amide bonds. The number of aromatic amines is 1. The maximum absolute atomic E-state index is 11.0. The fourth-order valence-corrected chi connectivity index (χ4v) is 1.26. The molecule has 0 fully saturated rings. The minimum absolute atomic E-state index is 0.0314. The molecule has 0 atom stereocenters. The highest BCUT2D eigenvalue weighted by Gasteiger charge is 2.05. The van der Waals surface area contributed by atoms with Crippen LogP contribution in [-0.4, -0.2) is 17.6 Å². The number of hydrogen-bond acceptors (Lipinski definition) is 3. The standard InChI is InChI=1S/C9H10ClNO3/c1-2-14-9(13)4-6-3-7(12)5-8(10)11-6/h3,5H,2,4H2,1H3,(H,11,12). The monoisotopic (exact) mass is 215 g/mol. The van der Waals surface area contributed by atoms with E-state index in [4.69, 9.17) is 16.3 Å². The fourth-order valence-electron chi connectivity index (χ4n) is 1.03. The SMILES string of the molecule is CCOC(=O)Cc1cc(=O)cc(Cl)[nH]1. The Labute approximate surface area is 85.9 Å². The van der Waals surface area contributed by atoms with Crippen molar-refractivity contribution in [2.45, 2.75) is 13.3 Å². The molecule has 1 N–H and O–H groups in total. The molecule has 0 aromatic carbocycles. The molecule has 4 nitrogen and oxygen atoms in total. The highest BCUT2D eigenvalue weighted by Crippen LogP contribution is 2.02. The van der Waals surface area contributed by atoms with Crippen LogP contribution in [0.5, 0.6) is 0 Å². The number of nitrogens with one attached hydrogen (secondary N) is 1. The lowest BCUT2D eigenvalue weighted by Gasteiger charge is -2.02. The average molecular weight is 216 g/mol. The van der Waals surface area contributed by atoms with Crippen LogP contribution in [0.2, 0.25) is 5.15 Å². The van der Waals surface area contributed by atoms with E-state index in [1.807, 2.05) is 0 Å². The van der Waals surface area contributed by atoms with E-state index in [2.05, 4.69) is 4.98 Å². The summed E-state index contributed by atoms with van der Waals surface area (Å²) in [7, 11) is 0. The average Bonchev–Trinajstić information content (AvgIpc) is 2.01. The van der Waals surface area contributed by atoms with Crippen molar-refractivity contribution in [2.24, 2.45) is 0 Å². The number of carbonyl (C=O) groups is 1. The first-order valence-electron chi connectivity index (χ1n) is 4.16. The van der Waals surface area contributed by atoms with E-state index in [9.17, 15) is 9.59 Å². The van der Waals surface area contributed by atoms with Crippen LogP contribution in [0.3, 0.4) is 0 Å². The number of aromatic nitrogens is 1. The van der Waals surface area contributed by atoms with Gasteiger partial charge >= 0.3 is 5.97 Å². The van der Waals surface area contributed by atoms with Crippen molar-refractivity contribution in [3.05, 3.63) is 33.2 Å². The Bertz CT molecular complexity index is 386. The molecule has 76 valence electrons. The summed E-state index contributed by atoms with van der Waals surface area (Å²) in [5, 5.41) is 0.219. The summed E-state index contributed by atoms with van der Waals surface area (Å²) in [5.74, 6) is -0.384. The zero-order valence-electron chi connectivity index (χ0n) is 7.67. The first-order chi connectivity index (χ1) is 6.61. The van der Waals surface area contributed by atoms with Gasteiger partial charge in [-0.1, -0.05) is 11.6 Å². The number of esters is 1. The lowest BCUT2D eigenvalue weighted by atomic mass is 10.3. The highest BCUT2D eigenvalue weighted by molar-refractivity contribution is 6.29. The van der Waals surface area contributed by atoms with E-state index >= 15 is 0 Å². The van der Waals surface area contributed by atoms with Gasteiger partial charge in [0.05, 0.1) is 13.0 Å². The van der Waals surface area contributed by atoms with Crippen molar-refractivity contribution in [2.75, 3.05) is 6.61 Å². The Morgan fingerprint density at radius 1 is 1.57 bits per heavy atom. The van der Waals surface area contributed by atoms with Gasteiger partial charge in [-0.05, 0) is 6.92 Å². The number of H-pyrrole nitrogens is 1. The highest BCUT2D eigenvalue weighted by atomic mass is 35.5. The Morgan fingerprint density at radius 3 is 2.86 bits per heavy atom. The molecule has 0 saturated heterocycles. The number of ether oxygens (including phenoxy) is 1. The Kier molecular flexibility index (Phi) is 3.71. The van der Waals surface area contributed by atoms with Gasteiger partial charge in [-0.15, -0.1) is 0 Å². The van der Waals surface area contributed by atoms with Gasteiger partial charge in [-0.25, -0.2) is 0 Å². The largest absolute Gasteiger partial charge is 0.466 e. The fraction of sp³-hybridized carbons (Fsp3) is 0.333. The number of carbonyl (C=O) groups excluding carboxylic acids is 1. The molecule has 1 aromatic rings. The van der Waals surface area contributed by atoms with Gasteiger partial charge in [0.15, 0.2) is 5.43 Å². The van der Waals surface area contributed by atoms with Crippen LogP contribution in [-0.2, 0) is 16.0 Å². The van der Waals surface area contributed by atoms with Crippen LogP contribution in [0.15, 0.2) is 16.9 Å². The van der Waals surface area contributed by atoms with Crippen molar-refractivity contribution in [1.29, 1.82) is 0 Å². The van der Waals surface area contributed by atoms with Crippen molar-refractivity contribution in [3.8, 4) is 0 Å². The molecule has 0 aliphatic rings. The zero-order valence-corrected chi connectivity index (χ0v) is 8.43. The molecule has 0 bridgehead atoms. The maximum atomic E-state index is 11.0. The number of halogens is 1. The lowest BCUT2D eigenvalue weighted by Crippen LogP contribution is -2.11. The van der Waals surface area contributed by atoms with Gasteiger partial charge in [-0.2, -0.15) is 0 Å². The van der Waals surface area contributed by atoms with Crippen molar-refractivity contribution < 1.29 is 9.53 Å². The molecule has 14 heavy (non-hydrogen) atoms. The molecule has 0 saturated carbocycles. The predicted octanol–water partition coefficient (Wildman–Crippen LogP) is 1.13. The second-order valence-electron chi connectivity index (χ2n) is 2.67. The quantitative estimate of drug-likeness (QED) is 0.608. The van der Waals surface area contributed by atoms with E-state index in [0.717, 1.165) is 0 Å². The van der Waals surface area contributed by atoms with Crippen LogP contribution in [0.4, 0.5) is 0 Å². The Hall–Kier alpha value is -1.29. The molecular weight excluding hydrogens is 206 g/mol. The van der Waals surface area contributed by atoms with Crippen LogP contribution < -0.4 is 5.43 Å². The normalized spacial score (nSPS) is 9.86. The number of hydrogen-bond donors (Lipinski definition) is 1. The van der Waals surface area contributed by atoms with Gasteiger partial charge in [-0.3, -0.25) is 9.59 Å². The lowest BCUT2D eigenvalue weighted by molar-refractivity contribution is -0.142. The molecule has 0 radical (unpaired) electrons.